The van der Waals surface area contributed by atoms with Crippen LogP contribution in [0.3, 0.4) is 0 Å². The van der Waals surface area contributed by atoms with E-state index in [1.807, 2.05) is 18.2 Å². The number of rotatable bonds is 6. The first-order valence-corrected chi connectivity index (χ1v) is 5.74. The van der Waals surface area contributed by atoms with Gasteiger partial charge in [0, 0.05) is 0 Å². The third kappa shape index (κ3) is 4.20. The highest BCUT2D eigenvalue weighted by Gasteiger charge is 2.01. The Labute approximate surface area is 103 Å². The first-order chi connectivity index (χ1) is 7.63. The van der Waals surface area contributed by atoms with Crippen molar-refractivity contribution in [2.75, 3.05) is 20.2 Å². The van der Waals surface area contributed by atoms with Crippen molar-refractivity contribution in [1.29, 1.82) is 0 Å². The van der Waals surface area contributed by atoms with Gasteiger partial charge in [-0.3, -0.25) is 4.79 Å². The van der Waals surface area contributed by atoms with E-state index in [0.717, 1.165) is 23.2 Å². The van der Waals surface area contributed by atoms with Gasteiger partial charge in [0.25, 0.3) is 0 Å². The molecule has 0 aromatic heterocycles. The van der Waals surface area contributed by atoms with Crippen molar-refractivity contribution in [3.05, 3.63) is 28.2 Å². The van der Waals surface area contributed by atoms with Gasteiger partial charge in [-0.2, -0.15) is 0 Å². The maximum atomic E-state index is 10.5. The molecule has 1 aromatic rings. The van der Waals surface area contributed by atoms with Crippen LogP contribution in [0.4, 0.5) is 0 Å². The summed E-state index contributed by atoms with van der Waals surface area (Å²) in [5.74, 6) is 0.477. The minimum absolute atomic E-state index is 0.220. The second-order valence-electron chi connectivity index (χ2n) is 3.36. The molecule has 0 aliphatic rings. The number of ether oxygens (including phenoxy) is 1. The van der Waals surface area contributed by atoms with Crippen molar-refractivity contribution in [3.8, 4) is 5.75 Å². The van der Waals surface area contributed by atoms with E-state index in [9.17, 15) is 4.79 Å². The Balaban J connectivity index is 2.43. The average Bonchev–Trinajstić information content (AvgIpc) is 2.24. The highest BCUT2D eigenvalue weighted by molar-refractivity contribution is 9.10. The number of amides is 1. The fourth-order valence-corrected chi connectivity index (χ4v) is 1.90. The van der Waals surface area contributed by atoms with E-state index in [1.165, 1.54) is 5.56 Å². The fourth-order valence-electron chi connectivity index (χ4n) is 1.31. The number of carbonyl (C=O) groups excluding carboxylic acids is 1. The van der Waals surface area contributed by atoms with Gasteiger partial charge in [0.15, 0.2) is 0 Å². The number of benzene rings is 1. The number of nitrogens with two attached hydrogens (primary N) is 1. The monoisotopic (exact) mass is 286 g/mol. The molecule has 0 aliphatic heterocycles. The van der Waals surface area contributed by atoms with E-state index >= 15 is 0 Å². The molecule has 3 N–H and O–H groups in total. The minimum Gasteiger partial charge on any atom is -0.496 e. The summed E-state index contributed by atoms with van der Waals surface area (Å²) in [5, 5.41) is 2.96. The second kappa shape index (κ2) is 6.50. The van der Waals surface area contributed by atoms with Crippen molar-refractivity contribution in [2.45, 2.75) is 6.42 Å². The van der Waals surface area contributed by atoms with Crippen LogP contribution in [0.5, 0.6) is 5.75 Å². The van der Waals surface area contributed by atoms with Crippen LogP contribution in [0.1, 0.15) is 5.56 Å². The predicted molar refractivity (Wildman–Crippen MR) is 66.5 cm³/mol. The summed E-state index contributed by atoms with van der Waals surface area (Å²) >= 11 is 3.42. The van der Waals surface area contributed by atoms with E-state index in [0.29, 0.717) is 0 Å². The lowest BCUT2D eigenvalue weighted by Crippen LogP contribution is -2.29. The molecule has 0 spiro atoms. The molecule has 0 radical (unpaired) electrons. The van der Waals surface area contributed by atoms with Crippen molar-refractivity contribution in [1.82, 2.24) is 5.32 Å². The number of primary amides is 1. The van der Waals surface area contributed by atoms with Gasteiger partial charge in [-0.1, -0.05) is 6.07 Å². The minimum atomic E-state index is -0.337. The molecule has 5 heteroatoms. The maximum Gasteiger partial charge on any atom is 0.231 e. The highest BCUT2D eigenvalue weighted by Crippen LogP contribution is 2.25. The molecule has 0 atom stereocenters. The normalized spacial score (nSPS) is 10.1. The summed E-state index contributed by atoms with van der Waals surface area (Å²) in [6.45, 7) is 0.943. The summed E-state index contributed by atoms with van der Waals surface area (Å²) in [6.07, 6.45) is 0.843. The molecule has 0 fully saturated rings. The maximum absolute atomic E-state index is 10.5. The number of methoxy groups -OCH3 is 1. The second-order valence-corrected chi connectivity index (χ2v) is 4.22. The van der Waals surface area contributed by atoms with Gasteiger partial charge in [0.2, 0.25) is 5.91 Å². The Morgan fingerprint density at radius 1 is 1.56 bits per heavy atom. The Morgan fingerprint density at radius 3 is 2.88 bits per heavy atom. The summed E-state index contributed by atoms with van der Waals surface area (Å²) < 4.78 is 6.07. The van der Waals surface area contributed by atoms with Gasteiger partial charge in [0.1, 0.15) is 5.75 Å². The molecule has 1 aromatic carbocycles. The smallest absolute Gasteiger partial charge is 0.231 e. The van der Waals surface area contributed by atoms with E-state index in [2.05, 4.69) is 21.2 Å². The van der Waals surface area contributed by atoms with Crippen LogP contribution < -0.4 is 15.8 Å². The zero-order valence-electron chi connectivity index (χ0n) is 9.13. The molecule has 0 bridgehead atoms. The third-order valence-corrected chi connectivity index (χ3v) is 2.73. The molecule has 88 valence electrons. The van der Waals surface area contributed by atoms with Crippen LogP contribution in [-0.4, -0.2) is 26.1 Å². The van der Waals surface area contributed by atoms with Crippen LogP contribution in [0.2, 0.25) is 0 Å². The first kappa shape index (κ1) is 13.0. The molecule has 1 rings (SSSR count). The van der Waals surface area contributed by atoms with Gasteiger partial charge < -0.3 is 15.8 Å². The average molecular weight is 287 g/mol. The van der Waals surface area contributed by atoms with Crippen molar-refractivity contribution >= 4 is 21.8 Å². The van der Waals surface area contributed by atoms with Gasteiger partial charge in [-0.15, -0.1) is 0 Å². The summed E-state index contributed by atoms with van der Waals surface area (Å²) in [5.41, 5.74) is 6.18. The van der Waals surface area contributed by atoms with Gasteiger partial charge in [-0.25, -0.2) is 0 Å². The lowest BCUT2D eigenvalue weighted by Gasteiger charge is -2.06. The molecule has 0 heterocycles. The summed E-state index contributed by atoms with van der Waals surface area (Å²) in [7, 11) is 1.63. The van der Waals surface area contributed by atoms with E-state index < -0.39 is 0 Å². The highest BCUT2D eigenvalue weighted by atomic mass is 79.9. The van der Waals surface area contributed by atoms with Gasteiger partial charge in [0.05, 0.1) is 18.1 Å². The van der Waals surface area contributed by atoms with Crippen molar-refractivity contribution in [3.63, 3.8) is 0 Å². The Bertz CT molecular complexity index is 369. The van der Waals surface area contributed by atoms with Gasteiger partial charge >= 0.3 is 0 Å². The van der Waals surface area contributed by atoms with E-state index in [4.69, 9.17) is 10.5 Å². The third-order valence-electron chi connectivity index (χ3n) is 2.11. The lowest BCUT2D eigenvalue weighted by molar-refractivity contribution is -0.117. The van der Waals surface area contributed by atoms with Crippen LogP contribution in [0.25, 0.3) is 0 Å². The van der Waals surface area contributed by atoms with Crippen LogP contribution in [-0.2, 0) is 11.2 Å². The van der Waals surface area contributed by atoms with E-state index in [1.54, 1.807) is 7.11 Å². The summed E-state index contributed by atoms with van der Waals surface area (Å²) in [6, 6.07) is 5.91. The molecule has 16 heavy (non-hydrogen) atoms. The molecule has 0 aliphatic carbocycles. The van der Waals surface area contributed by atoms with Gasteiger partial charge in [-0.05, 0) is 46.6 Å². The molecular weight excluding hydrogens is 272 g/mol. The molecule has 0 saturated heterocycles. The van der Waals surface area contributed by atoms with Crippen LogP contribution >= 0.6 is 15.9 Å². The quantitative estimate of drug-likeness (QED) is 0.769. The molecule has 0 saturated carbocycles. The fraction of sp³-hybridized carbons (Fsp3) is 0.364. The number of hydrogen-bond donors (Lipinski definition) is 2. The molecule has 4 nitrogen and oxygen atoms in total. The Morgan fingerprint density at radius 2 is 2.31 bits per heavy atom. The number of nitrogens with one attached hydrogen (secondary N) is 1. The van der Waals surface area contributed by atoms with Crippen LogP contribution in [0, 0.1) is 0 Å². The number of carbonyl (C=O) groups is 1. The van der Waals surface area contributed by atoms with E-state index in [-0.39, 0.29) is 12.5 Å². The zero-order valence-corrected chi connectivity index (χ0v) is 10.7. The Hall–Kier alpha value is -1.07. The first-order valence-electron chi connectivity index (χ1n) is 4.95. The molecule has 0 unspecified atom stereocenters. The molecule has 1 amide bonds. The Kier molecular flexibility index (Phi) is 5.28. The zero-order chi connectivity index (χ0) is 12.0. The standard InChI is InChI=1S/C11H15BrN2O2/c1-16-10-3-2-8(6-9(10)12)4-5-14-7-11(13)15/h2-3,6,14H,4-5,7H2,1H3,(H2,13,15). The van der Waals surface area contributed by atoms with Crippen molar-refractivity contribution < 1.29 is 9.53 Å². The number of halogens is 1. The largest absolute Gasteiger partial charge is 0.496 e. The lowest BCUT2D eigenvalue weighted by atomic mass is 10.1. The van der Waals surface area contributed by atoms with Crippen molar-refractivity contribution in [2.24, 2.45) is 5.73 Å². The SMILES string of the molecule is COc1ccc(CCNCC(N)=O)cc1Br. The molecular formula is C11H15BrN2O2. The predicted octanol–water partition coefficient (Wildman–Crippen LogP) is 1.08. The van der Waals surface area contributed by atoms with Crippen LogP contribution in [0.15, 0.2) is 22.7 Å². The number of hydrogen-bond acceptors (Lipinski definition) is 3. The topological polar surface area (TPSA) is 64.3 Å². The summed E-state index contributed by atoms with van der Waals surface area (Å²) in [4.78, 5) is 10.5.